The minimum Gasteiger partial charge on any atom is -0.478 e. The summed E-state index contributed by atoms with van der Waals surface area (Å²) in [5.74, 6) is -0.449. The van der Waals surface area contributed by atoms with E-state index in [9.17, 15) is 15.2 Å². The normalized spacial score (nSPS) is 14.9. The van der Waals surface area contributed by atoms with Gasteiger partial charge in [-0.25, -0.2) is 14.8 Å². The second-order valence-electron chi connectivity index (χ2n) is 7.22. The van der Waals surface area contributed by atoms with Gasteiger partial charge in [0.1, 0.15) is 35.1 Å². The van der Waals surface area contributed by atoms with Gasteiger partial charge in [0.25, 0.3) is 0 Å². The molecule has 0 fully saturated rings. The van der Waals surface area contributed by atoms with Crippen LogP contribution in [0.5, 0.6) is 5.75 Å². The second-order valence-corrected chi connectivity index (χ2v) is 7.22. The third kappa shape index (κ3) is 4.09. The Balaban J connectivity index is 1.70. The van der Waals surface area contributed by atoms with Crippen molar-refractivity contribution in [2.24, 2.45) is 4.99 Å². The number of guanidine groups is 1. The minimum atomic E-state index is -1.18. The molecule has 2 heterocycles. The molecule has 0 bridgehead atoms. The standard InChI is InChI=1S/C23H18N8O3/c24-10-15-17(26)16-18(29-23(28-11-25)31-21(16)30-20(15)27)12-6-8-14(9-7-12)34-19(22(32)33)13-4-2-1-3-5-13/h1-9,18-19H,(H,32,33)(H6,26,27,28,29,30,31). The number of nitrogens with two attached hydrogens (primary N) is 2. The molecule has 0 saturated heterocycles. The third-order valence-corrected chi connectivity index (χ3v) is 5.13. The van der Waals surface area contributed by atoms with Crippen molar-refractivity contribution in [2.75, 3.05) is 16.8 Å². The molecular formula is C23H18N8O3. The van der Waals surface area contributed by atoms with Gasteiger partial charge in [-0.05, 0) is 17.7 Å². The number of nitrogen functional groups attached to an aromatic ring is 2. The molecule has 2 unspecified atom stereocenters. The lowest BCUT2D eigenvalue weighted by Gasteiger charge is -2.26. The largest absolute Gasteiger partial charge is 0.478 e. The summed E-state index contributed by atoms with van der Waals surface area (Å²) in [5, 5.41) is 33.3. The van der Waals surface area contributed by atoms with Crippen LogP contribution in [-0.4, -0.2) is 22.0 Å². The van der Waals surface area contributed by atoms with Gasteiger partial charge in [0.05, 0.1) is 5.69 Å². The van der Waals surface area contributed by atoms with Crippen molar-refractivity contribution in [3.63, 3.8) is 0 Å². The van der Waals surface area contributed by atoms with Gasteiger partial charge in [-0.2, -0.15) is 10.5 Å². The maximum atomic E-state index is 11.7. The first-order valence-corrected chi connectivity index (χ1v) is 9.96. The molecule has 0 amide bonds. The second kappa shape index (κ2) is 9.06. The Labute approximate surface area is 193 Å². The van der Waals surface area contributed by atoms with Crippen LogP contribution in [0.15, 0.2) is 59.6 Å². The number of carbonyl (C=O) groups is 1. The van der Waals surface area contributed by atoms with Gasteiger partial charge in [0.2, 0.25) is 12.1 Å². The molecule has 1 aliphatic heterocycles. The quantitative estimate of drug-likeness (QED) is 0.282. The van der Waals surface area contributed by atoms with E-state index < -0.39 is 18.1 Å². The topological polar surface area (TPSA) is 195 Å². The van der Waals surface area contributed by atoms with Crippen LogP contribution in [-0.2, 0) is 4.79 Å². The molecule has 11 nitrogen and oxygen atoms in total. The van der Waals surface area contributed by atoms with Gasteiger partial charge in [-0.1, -0.05) is 42.5 Å². The van der Waals surface area contributed by atoms with Gasteiger partial charge >= 0.3 is 5.97 Å². The molecule has 34 heavy (non-hydrogen) atoms. The van der Waals surface area contributed by atoms with Crippen LogP contribution in [0.1, 0.15) is 34.4 Å². The van der Waals surface area contributed by atoms with Gasteiger partial charge in [-0.15, -0.1) is 0 Å². The number of aliphatic carboxylic acids is 1. The average Bonchev–Trinajstić information content (AvgIpc) is 2.83. The van der Waals surface area contributed by atoms with Crippen molar-refractivity contribution in [2.45, 2.75) is 12.1 Å². The molecule has 3 aromatic rings. The van der Waals surface area contributed by atoms with Gasteiger partial charge in [0, 0.05) is 11.1 Å². The molecule has 4 rings (SSSR count). The number of aromatic nitrogens is 1. The number of aliphatic imine (C=N–C) groups is 1. The number of nitrogens with one attached hydrogen (secondary N) is 2. The smallest absolute Gasteiger partial charge is 0.349 e. The fraction of sp³-hybridized carbons (Fsp3) is 0.0870. The summed E-state index contributed by atoms with van der Waals surface area (Å²) in [5.41, 5.74) is 13.8. The summed E-state index contributed by atoms with van der Waals surface area (Å²) >= 11 is 0. The molecule has 0 radical (unpaired) electrons. The number of pyridine rings is 1. The lowest BCUT2D eigenvalue weighted by molar-refractivity contribution is -0.145. The van der Waals surface area contributed by atoms with Crippen molar-refractivity contribution >= 4 is 29.3 Å². The predicted octanol–water partition coefficient (Wildman–Crippen LogP) is 2.26. The van der Waals surface area contributed by atoms with E-state index in [0.29, 0.717) is 22.4 Å². The van der Waals surface area contributed by atoms with E-state index in [-0.39, 0.29) is 28.8 Å². The summed E-state index contributed by atoms with van der Waals surface area (Å²) in [6.45, 7) is 0. The summed E-state index contributed by atoms with van der Waals surface area (Å²) in [6, 6.07) is 16.4. The SMILES string of the molecule is N#CNC1=NC(c2ccc(OC(C(=O)O)c3ccccc3)cc2)c2c(nc(N)c(C#N)c2N)N1. The molecular weight excluding hydrogens is 436 g/mol. The van der Waals surface area contributed by atoms with Crippen molar-refractivity contribution in [1.29, 1.82) is 10.5 Å². The molecule has 1 aliphatic rings. The van der Waals surface area contributed by atoms with Gasteiger partial charge in [-0.3, -0.25) is 5.32 Å². The number of hydrogen-bond acceptors (Lipinski definition) is 10. The minimum absolute atomic E-state index is 0.0320. The predicted molar refractivity (Wildman–Crippen MR) is 123 cm³/mol. The molecule has 1 aromatic heterocycles. The maximum Gasteiger partial charge on any atom is 0.349 e. The molecule has 11 heteroatoms. The van der Waals surface area contributed by atoms with Crippen LogP contribution < -0.4 is 26.8 Å². The first kappa shape index (κ1) is 21.9. The van der Waals surface area contributed by atoms with Crippen molar-refractivity contribution < 1.29 is 14.6 Å². The molecule has 2 atom stereocenters. The molecule has 168 valence electrons. The van der Waals surface area contributed by atoms with Crippen molar-refractivity contribution in [1.82, 2.24) is 10.3 Å². The maximum absolute atomic E-state index is 11.7. The number of carboxylic acid groups (broad SMARTS) is 1. The third-order valence-electron chi connectivity index (χ3n) is 5.13. The number of ether oxygens (including phenoxy) is 1. The van der Waals surface area contributed by atoms with Crippen LogP contribution in [0.2, 0.25) is 0 Å². The van der Waals surface area contributed by atoms with Crippen LogP contribution in [0.25, 0.3) is 0 Å². The Bertz CT molecular complexity index is 1360. The van der Waals surface area contributed by atoms with Gasteiger partial charge < -0.3 is 26.6 Å². The number of hydrogen-bond donors (Lipinski definition) is 5. The molecule has 0 spiro atoms. The number of fused-ring (bicyclic) bond motifs is 1. The Hall–Kier alpha value is -5.29. The van der Waals surface area contributed by atoms with Crippen LogP contribution in [0.3, 0.4) is 0 Å². The summed E-state index contributed by atoms with van der Waals surface area (Å²) in [4.78, 5) is 20.4. The van der Waals surface area contributed by atoms with Crippen molar-refractivity contribution in [3.8, 4) is 18.0 Å². The Morgan fingerprint density at radius 1 is 1.15 bits per heavy atom. The van der Waals surface area contributed by atoms with E-state index in [1.54, 1.807) is 60.8 Å². The highest BCUT2D eigenvalue weighted by Gasteiger charge is 2.30. The van der Waals surface area contributed by atoms with E-state index in [4.69, 9.17) is 21.5 Å². The lowest BCUT2D eigenvalue weighted by atomic mass is 9.95. The van der Waals surface area contributed by atoms with E-state index in [1.807, 2.05) is 6.07 Å². The zero-order valence-corrected chi connectivity index (χ0v) is 17.6. The molecule has 0 saturated carbocycles. The zero-order chi connectivity index (χ0) is 24.2. The summed E-state index contributed by atoms with van der Waals surface area (Å²) in [6.07, 6.45) is 0.604. The number of anilines is 3. The fourth-order valence-electron chi connectivity index (χ4n) is 3.58. The first-order chi connectivity index (χ1) is 16.4. The Kier molecular flexibility index (Phi) is 5.84. The molecule has 2 aromatic carbocycles. The Morgan fingerprint density at radius 3 is 2.47 bits per heavy atom. The lowest BCUT2D eigenvalue weighted by Crippen LogP contribution is -2.32. The van der Waals surface area contributed by atoms with E-state index in [1.165, 1.54) is 0 Å². The number of rotatable bonds is 5. The number of benzene rings is 2. The number of nitrogens with zero attached hydrogens (tertiary/aromatic N) is 4. The monoisotopic (exact) mass is 454 g/mol. The zero-order valence-electron chi connectivity index (χ0n) is 17.6. The van der Waals surface area contributed by atoms with E-state index >= 15 is 0 Å². The van der Waals surface area contributed by atoms with Crippen LogP contribution in [0, 0.1) is 22.8 Å². The summed E-state index contributed by atoms with van der Waals surface area (Å²) in [7, 11) is 0. The van der Waals surface area contributed by atoms with Crippen LogP contribution >= 0.6 is 0 Å². The highest BCUT2D eigenvalue weighted by molar-refractivity contribution is 5.98. The Morgan fingerprint density at radius 2 is 1.85 bits per heavy atom. The highest BCUT2D eigenvalue weighted by atomic mass is 16.5. The highest BCUT2D eigenvalue weighted by Crippen LogP contribution is 2.40. The van der Waals surface area contributed by atoms with E-state index in [2.05, 4.69) is 20.6 Å². The molecule has 7 N–H and O–H groups in total. The first-order valence-electron chi connectivity index (χ1n) is 9.96. The van der Waals surface area contributed by atoms with Gasteiger partial charge in [0.15, 0.2) is 6.19 Å². The van der Waals surface area contributed by atoms with Crippen molar-refractivity contribution in [3.05, 3.63) is 76.9 Å². The van der Waals surface area contributed by atoms with E-state index in [0.717, 1.165) is 0 Å². The number of carboxylic acids is 1. The molecule has 0 aliphatic carbocycles. The summed E-state index contributed by atoms with van der Waals surface area (Å²) < 4.78 is 5.71. The fourth-order valence-corrected chi connectivity index (χ4v) is 3.58. The number of nitriles is 2. The average molecular weight is 454 g/mol. The van der Waals surface area contributed by atoms with Crippen LogP contribution in [0.4, 0.5) is 17.3 Å².